The van der Waals surface area contributed by atoms with E-state index in [1.54, 1.807) is 41.5 Å². The van der Waals surface area contributed by atoms with Crippen LogP contribution in [-0.2, 0) is 19.1 Å². The zero-order chi connectivity index (χ0) is 17.7. The maximum atomic E-state index is 12.4. The van der Waals surface area contributed by atoms with Crippen molar-refractivity contribution >= 4 is 17.7 Å². The molecule has 0 aliphatic rings. The lowest BCUT2D eigenvalue weighted by Gasteiger charge is -2.25. The highest BCUT2D eigenvalue weighted by atomic mass is 16.6. The summed E-state index contributed by atoms with van der Waals surface area (Å²) in [4.78, 5) is 36.2. The first kappa shape index (κ1) is 20.6. The highest BCUT2D eigenvalue weighted by Gasteiger charge is 2.29. The van der Waals surface area contributed by atoms with Crippen LogP contribution < -0.4 is 5.32 Å². The van der Waals surface area contributed by atoms with E-state index in [9.17, 15) is 14.4 Å². The van der Waals surface area contributed by atoms with Gasteiger partial charge in [0.2, 0.25) is 5.91 Å². The minimum atomic E-state index is -0.572. The average Bonchev–Trinajstić information content (AvgIpc) is 2.32. The molecule has 0 heterocycles. The maximum absolute atomic E-state index is 12.4. The molecule has 1 N–H and O–H groups in total. The third-order valence-electron chi connectivity index (χ3n) is 3.15. The Morgan fingerprint density at radius 2 is 1.50 bits per heavy atom. The monoisotopic (exact) mass is 313 g/mol. The molecule has 0 fully saturated rings. The number of hydrogen-bond donors (Lipinski definition) is 1. The summed E-state index contributed by atoms with van der Waals surface area (Å²) in [7, 11) is 0. The van der Waals surface area contributed by atoms with Crippen LogP contribution in [0.2, 0.25) is 0 Å². The topological polar surface area (TPSA) is 72.5 Å². The smallest absolute Gasteiger partial charge is 0.309 e. The van der Waals surface area contributed by atoms with Crippen molar-refractivity contribution in [1.29, 1.82) is 0 Å². The van der Waals surface area contributed by atoms with E-state index in [1.807, 2.05) is 13.8 Å². The number of Topliss-reactive ketones (excluding diaryl/α,β-unsaturated/α-hetero) is 1. The Bertz CT molecular complexity index is 407. The predicted octanol–water partition coefficient (Wildman–Crippen LogP) is 2.72. The standard InChI is InChI=1S/C17H31NO4/c1-10(2)14(18-15(20)11(3)4)13(19)9-12(5)16(21)22-17(6,7)8/h10-12,14H,9H2,1-8H3,(H,18,20)/t12-,14+/m1/s1. The van der Waals surface area contributed by atoms with Crippen LogP contribution in [0.15, 0.2) is 0 Å². The lowest BCUT2D eigenvalue weighted by atomic mass is 9.92. The van der Waals surface area contributed by atoms with Gasteiger partial charge in [0.15, 0.2) is 5.78 Å². The zero-order valence-electron chi connectivity index (χ0n) is 15.1. The number of esters is 1. The molecule has 2 atom stereocenters. The first-order valence-electron chi connectivity index (χ1n) is 7.91. The average molecular weight is 313 g/mol. The van der Waals surface area contributed by atoms with Gasteiger partial charge in [-0.05, 0) is 26.7 Å². The number of hydrogen-bond acceptors (Lipinski definition) is 4. The van der Waals surface area contributed by atoms with Crippen molar-refractivity contribution in [3.8, 4) is 0 Å². The molecule has 0 saturated heterocycles. The Morgan fingerprint density at radius 3 is 1.86 bits per heavy atom. The number of nitrogens with one attached hydrogen (secondary N) is 1. The second kappa shape index (κ2) is 8.30. The number of ether oxygens (including phenoxy) is 1. The summed E-state index contributed by atoms with van der Waals surface area (Å²) in [5.41, 5.74) is -0.572. The molecule has 0 aromatic heterocycles. The number of amides is 1. The maximum Gasteiger partial charge on any atom is 0.309 e. The summed E-state index contributed by atoms with van der Waals surface area (Å²) in [5.74, 6) is -1.42. The van der Waals surface area contributed by atoms with Crippen LogP contribution >= 0.6 is 0 Å². The molecule has 0 unspecified atom stereocenters. The van der Waals surface area contributed by atoms with Gasteiger partial charge in [-0.25, -0.2) is 0 Å². The van der Waals surface area contributed by atoms with Crippen LogP contribution in [0.1, 0.15) is 61.8 Å². The van der Waals surface area contributed by atoms with Crippen LogP contribution in [0.25, 0.3) is 0 Å². The van der Waals surface area contributed by atoms with Crippen LogP contribution in [-0.4, -0.2) is 29.3 Å². The van der Waals surface area contributed by atoms with Gasteiger partial charge < -0.3 is 10.1 Å². The largest absolute Gasteiger partial charge is 0.460 e. The molecule has 0 aliphatic carbocycles. The Kier molecular flexibility index (Phi) is 7.77. The third-order valence-corrected chi connectivity index (χ3v) is 3.15. The van der Waals surface area contributed by atoms with E-state index in [-0.39, 0.29) is 29.9 Å². The minimum Gasteiger partial charge on any atom is -0.460 e. The molecule has 0 bridgehead atoms. The molecule has 5 nitrogen and oxygen atoms in total. The van der Waals surface area contributed by atoms with Crippen molar-refractivity contribution in [1.82, 2.24) is 5.32 Å². The lowest BCUT2D eigenvalue weighted by molar-refractivity contribution is -0.160. The van der Waals surface area contributed by atoms with Gasteiger partial charge in [-0.1, -0.05) is 34.6 Å². The summed E-state index contributed by atoms with van der Waals surface area (Å²) in [6.07, 6.45) is 0.0656. The summed E-state index contributed by atoms with van der Waals surface area (Å²) in [5, 5.41) is 2.77. The molecular formula is C17H31NO4. The summed E-state index contributed by atoms with van der Waals surface area (Å²) < 4.78 is 5.28. The van der Waals surface area contributed by atoms with Crippen molar-refractivity contribution < 1.29 is 19.1 Å². The normalized spacial score (nSPS) is 14.6. The van der Waals surface area contributed by atoms with Crippen LogP contribution in [0.5, 0.6) is 0 Å². The third kappa shape index (κ3) is 7.57. The molecule has 0 saturated carbocycles. The van der Waals surface area contributed by atoms with Gasteiger partial charge in [-0.15, -0.1) is 0 Å². The van der Waals surface area contributed by atoms with Crippen molar-refractivity contribution in [3.63, 3.8) is 0 Å². The van der Waals surface area contributed by atoms with Crippen molar-refractivity contribution in [2.75, 3.05) is 0 Å². The Morgan fingerprint density at radius 1 is 1.00 bits per heavy atom. The van der Waals surface area contributed by atoms with Crippen LogP contribution in [0.4, 0.5) is 0 Å². The highest BCUT2D eigenvalue weighted by Crippen LogP contribution is 2.16. The Labute approximate surface area is 134 Å². The van der Waals surface area contributed by atoms with Crippen LogP contribution in [0.3, 0.4) is 0 Å². The SMILES string of the molecule is CC(C)C(=O)N[C@H](C(=O)C[C@@H](C)C(=O)OC(C)(C)C)C(C)C. The van der Waals surface area contributed by atoms with E-state index in [1.165, 1.54) is 0 Å². The van der Waals surface area contributed by atoms with E-state index >= 15 is 0 Å². The Hall–Kier alpha value is -1.39. The van der Waals surface area contributed by atoms with Gasteiger partial charge in [0, 0.05) is 12.3 Å². The molecule has 0 rings (SSSR count). The quantitative estimate of drug-likeness (QED) is 0.734. The highest BCUT2D eigenvalue weighted by molar-refractivity contribution is 5.92. The molecule has 5 heteroatoms. The molecular weight excluding hydrogens is 282 g/mol. The van der Waals surface area contributed by atoms with Gasteiger partial charge in [-0.2, -0.15) is 0 Å². The van der Waals surface area contributed by atoms with Crippen molar-refractivity contribution in [3.05, 3.63) is 0 Å². The van der Waals surface area contributed by atoms with E-state index in [0.29, 0.717) is 0 Å². The van der Waals surface area contributed by atoms with Gasteiger partial charge in [0.05, 0.1) is 12.0 Å². The molecule has 0 aromatic rings. The summed E-state index contributed by atoms with van der Waals surface area (Å²) in [6, 6.07) is -0.570. The first-order valence-corrected chi connectivity index (χ1v) is 7.91. The molecule has 22 heavy (non-hydrogen) atoms. The molecule has 1 amide bonds. The van der Waals surface area contributed by atoms with E-state index in [0.717, 1.165) is 0 Å². The van der Waals surface area contributed by atoms with Crippen molar-refractivity contribution in [2.45, 2.75) is 73.5 Å². The fourth-order valence-electron chi connectivity index (χ4n) is 1.85. The second-order valence-corrected chi connectivity index (χ2v) is 7.49. The molecule has 0 radical (unpaired) electrons. The fourth-order valence-corrected chi connectivity index (χ4v) is 1.85. The summed E-state index contributed by atoms with van der Waals surface area (Å²) in [6.45, 7) is 14.4. The Balaban J connectivity index is 4.76. The van der Waals surface area contributed by atoms with Crippen LogP contribution in [0, 0.1) is 17.8 Å². The number of rotatable bonds is 7. The molecule has 0 spiro atoms. The van der Waals surface area contributed by atoms with E-state index in [2.05, 4.69) is 5.32 Å². The second-order valence-electron chi connectivity index (χ2n) is 7.49. The van der Waals surface area contributed by atoms with E-state index in [4.69, 9.17) is 4.74 Å². The van der Waals surface area contributed by atoms with Crippen molar-refractivity contribution in [2.24, 2.45) is 17.8 Å². The molecule has 0 aromatic carbocycles. The lowest BCUT2D eigenvalue weighted by Crippen LogP contribution is -2.46. The zero-order valence-corrected chi connectivity index (χ0v) is 15.1. The van der Waals surface area contributed by atoms with Gasteiger partial charge >= 0.3 is 5.97 Å². The molecule has 128 valence electrons. The van der Waals surface area contributed by atoms with Gasteiger partial charge in [0.25, 0.3) is 0 Å². The van der Waals surface area contributed by atoms with Gasteiger partial charge in [-0.3, -0.25) is 14.4 Å². The number of carbonyl (C=O) groups is 3. The summed E-state index contributed by atoms with van der Waals surface area (Å²) >= 11 is 0. The van der Waals surface area contributed by atoms with Gasteiger partial charge in [0.1, 0.15) is 5.60 Å². The fraction of sp³-hybridized carbons (Fsp3) is 0.824. The molecule has 0 aliphatic heterocycles. The first-order chi connectivity index (χ1) is 9.85. The van der Waals surface area contributed by atoms with E-state index < -0.39 is 23.5 Å². The number of carbonyl (C=O) groups excluding carboxylic acids is 3. The number of ketones is 1. The predicted molar refractivity (Wildman–Crippen MR) is 86.2 cm³/mol. The minimum absolute atomic E-state index is 0.0268.